The lowest BCUT2D eigenvalue weighted by Crippen LogP contribution is -2.21. The molecule has 0 bridgehead atoms. The Kier molecular flexibility index (Phi) is 3.93. The van der Waals surface area contributed by atoms with Gasteiger partial charge in [0.25, 0.3) is 5.56 Å². The van der Waals surface area contributed by atoms with Crippen LogP contribution in [0.3, 0.4) is 0 Å². The van der Waals surface area contributed by atoms with Crippen LogP contribution in [0.25, 0.3) is 11.4 Å². The van der Waals surface area contributed by atoms with E-state index in [1.165, 1.54) is 6.20 Å². The summed E-state index contributed by atoms with van der Waals surface area (Å²) in [7, 11) is 0. The molecule has 2 rings (SSSR count). The first-order valence-electron chi connectivity index (χ1n) is 6.23. The van der Waals surface area contributed by atoms with Crippen molar-refractivity contribution in [1.82, 2.24) is 15.0 Å². The van der Waals surface area contributed by atoms with Gasteiger partial charge in [0.1, 0.15) is 11.4 Å². The first-order valence-corrected chi connectivity index (χ1v) is 6.23. The van der Waals surface area contributed by atoms with Crippen LogP contribution in [0.4, 0.5) is 0 Å². The molecule has 6 heteroatoms. The topological polar surface area (TPSA) is 84.9 Å². The van der Waals surface area contributed by atoms with Gasteiger partial charge in [0.2, 0.25) is 0 Å². The highest BCUT2D eigenvalue weighted by Crippen LogP contribution is 2.15. The first kappa shape index (κ1) is 13.9. The normalized spacial score (nSPS) is 10.3. The van der Waals surface area contributed by atoms with Crippen LogP contribution in [0, 0.1) is 13.8 Å². The molecule has 2 aromatic rings. The quantitative estimate of drug-likeness (QED) is 0.859. The molecule has 0 radical (unpaired) electrons. The van der Waals surface area contributed by atoms with Crippen LogP contribution in [0.15, 0.2) is 23.1 Å². The smallest absolute Gasteiger partial charge is 0.345 e. The molecule has 0 spiro atoms. The van der Waals surface area contributed by atoms with E-state index in [0.29, 0.717) is 5.82 Å². The number of hydrogen-bond donors (Lipinski definition) is 1. The third-order valence-electron chi connectivity index (χ3n) is 2.65. The lowest BCUT2D eigenvalue weighted by molar-refractivity contribution is 0.0524. The van der Waals surface area contributed by atoms with E-state index in [1.807, 2.05) is 26.0 Å². The van der Waals surface area contributed by atoms with Gasteiger partial charge in [0, 0.05) is 23.1 Å². The zero-order valence-corrected chi connectivity index (χ0v) is 11.6. The Balaban J connectivity index is 2.43. The summed E-state index contributed by atoms with van der Waals surface area (Å²) in [5.41, 5.74) is 1.80. The molecule has 0 aliphatic carbocycles. The van der Waals surface area contributed by atoms with Crippen molar-refractivity contribution in [2.75, 3.05) is 6.61 Å². The summed E-state index contributed by atoms with van der Waals surface area (Å²) in [5.74, 6) is -0.272. The molecule has 0 fully saturated rings. The number of ether oxygens (including phenoxy) is 1. The summed E-state index contributed by atoms with van der Waals surface area (Å²) in [6.45, 7) is 5.61. The molecule has 6 nitrogen and oxygen atoms in total. The Bertz CT molecular complexity index is 687. The molecule has 0 unspecified atom stereocenters. The molecular formula is C14H15N3O3. The summed E-state index contributed by atoms with van der Waals surface area (Å²) in [6, 6.07) is 3.63. The van der Waals surface area contributed by atoms with E-state index in [2.05, 4.69) is 15.0 Å². The highest BCUT2D eigenvalue weighted by Gasteiger charge is 2.13. The van der Waals surface area contributed by atoms with Crippen molar-refractivity contribution in [3.8, 4) is 11.4 Å². The van der Waals surface area contributed by atoms with E-state index in [4.69, 9.17) is 4.74 Å². The number of carbonyl (C=O) groups excluding carboxylic acids is 1. The van der Waals surface area contributed by atoms with Gasteiger partial charge in [-0.15, -0.1) is 0 Å². The molecule has 0 aliphatic rings. The predicted octanol–water partition coefficient (Wildman–Crippen LogP) is 1.63. The summed E-state index contributed by atoms with van der Waals surface area (Å²) in [4.78, 5) is 34.4. The van der Waals surface area contributed by atoms with E-state index in [1.54, 1.807) is 6.92 Å². The van der Waals surface area contributed by atoms with Crippen molar-refractivity contribution >= 4 is 5.97 Å². The molecule has 2 aromatic heterocycles. The fraction of sp³-hybridized carbons (Fsp3) is 0.286. The highest BCUT2D eigenvalue weighted by molar-refractivity contribution is 5.88. The van der Waals surface area contributed by atoms with Crippen LogP contribution in [-0.4, -0.2) is 27.5 Å². The van der Waals surface area contributed by atoms with E-state index >= 15 is 0 Å². The molecule has 0 saturated heterocycles. The van der Waals surface area contributed by atoms with Crippen molar-refractivity contribution in [2.24, 2.45) is 0 Å². The second kappa shape index (κ2) is 5.64. The van der Waals surface area contributed by atoms with Crippen LogP contribution >= 0.6 is 0 Å². The monoisotopic (exact) mass is 273 g/mol. The van der Waals surface area contributed by atoms with Crippen LogP contribution in [0.2, 0.25) is 0 Å². The Morgan fingerprint density at radius 1 is 1.30 bits per heavy atom. The van der Waals surface area contributed by atoms with E-state index in [9.17, 15) is 9.59 Å². The summed E-state index contributed by atoms with van der Waals surface area (Å²) < 4.78 is 4.78. The fourth-order valence-electron chi connectivity index (χ4n) is 1.87. The number of nitrogens with zero attached hydrogens (tertiary/aromatic N) is 2. The van der Waals surface area contributed by atoms with Crippen molar-refractivity contribution in [1.29, 1.82) is 0 Å². The third kappa shape index (κ3) is 2.90. The van der Waals surface area contributed by atoms with Gasteiger partial charge >= 0.3 is 5.97 Å². The van der Waals surface area contributed by atoms with Crippen LogP contribution in [0.1, 0.15) is 28.7 Å². The van der Waals surface area contributed by atoms with Gasteiger partial charge in [-0.05, 0) is 32.9 Å². The minimum atomic E-state index is -0.671. The minimum Gasteiger partial charge on any atom is -0.462 e. The van der Waals surface area contributed by atoms with Gasteiger partial charge in [0.05, 0.1) is 6.61 Å². The minimum absolute atomic E-state index is 0.0990. The second-order valence-corrected chi connectivity index (χ2v) is 4.33. The zero-order valence-electron chi connectivity index (χ0n) is 11.6. The number of H-pyrrole nitrogens is 1. The van der Waals surface area contributed by atoms with Gasteiger partial charge in [-0.1, -0.05) is 0 Å². The lowest BCUT2D eigenvalue weighted by atomic mass is 10.2. The van der Waals surface area contributed by atoms with E-state index in [-0.39, 0.29) is 12.2 Å². The molecule has 0 saturated carbocycles. The molecule has 20 heavy (non-hydrogen) atoms. The summed E-state index contributed by atoms with van der Waals surface area (Å²) in [6.07, 6.45) is 1.23. The largest absolute Gasteiger partial charge is 0.462 e. The van der Waals surface area contributed by atoms with Gasteiger partial charge in [-0.3, -0.25) is 9.78 Å². The molecular weight excluding hydrogens is 258 g/mol. The first-order chi connectivity index (χ1) is 9.51. The number of hydrogen-bond acceptors (Lipinski definition) is 5. The standard InChI is InChI=1S/C14H15N3O3/c1-4-20-14(19)11-7-15-12(17-13(11)18)10-5-8(2)16-9(3)6-10/h5-7H,4H2,1-3H3,(H,15,17,18). The SMILES string of the molecule is CCOC(=O)c1cnc(-c2cc(C)nc(C)c2)[nH]c1=O. The Morgan fingerprint density at radius 3 is 2.50 bits per heavy atom. The molecule has 104 valence electrons. The summed E-state index contributed by atoms with van der Waals surface area (Å²) in [5, 5.41) is 0. The van der Waals surface area contributed by atoms with Crippen LogP contribution in [-0.2, 0) is 4.74 Å². The average molecular weight is 273 g/mol. The van der Waals surface area contributed by atoms with Crippen molar-refractivity contribution < 1.29 is 9.53 Å². The highest BCUT2D eigenvalue weighted by atomic mass is 16.5. The molecule has 0 aliphatic heterocycles. The van der Waals surface area contributed by atoms with Gasteiger partial charge < -0.3 is 9.72 Å². The second-order valence-electron chi connectivity index (χ2n) is 4.33. The van der Waals surface area contributed by atoms with Crippen LogP contribution in [0.5, 0.6) is 0 Å². The van der Waals surface area contributed by atoms with E-state index < -0.39 is 11.5 Å². The number of esters is 1. The average Bonchev–Trinajstić information content (AvgIpc) is 2.37. The molecule has 1 N–H and O–H groups in total. The number of carbonyl (C=O) groups is 1. The maximum atomic E-state index is 11.9. The number of pyridine rings is 1. The number of rotatable bonds is 3. The number of aryl methyl sites for hydroxylation is 2. The maximum absolute atomic E-state index is 11.9. The Morgan fingerprint density at radius 2 is 1.95 bits per heavy atom. The molecule has 0 amide bonds. The van der Waals surface area contributed by atoms with Gasteiger partial charge in [-0.25, -0.2) is 9.78 Å². The Labute approximate surface area is 115 Å². The zero-order chi connectivity index (χ0) is 14.7. The number of nitrogens with one attached hydrogen (secondary N) is 1. The Hall–Kier alpha value is -2.50. The number of aromatic nitrogens is 3. The third-order valence-corrected chi connectivity index (χ3v) is 2.65. The van der Waals surface area contributed by atoms with Crippen molar-refractivity contribution in [3.05, 3.63) is 45.6 Å². The fourth-order valence-corrected chi connectivity index (χ4v) is 1.87. The lowest BCUT2D eigenvalue weighted by Gasteiger charge is -2.05. The van der Waals surface area contributed by atoms with E-state index in [0.717, 1.165) is 17.0 Å². The van der Waals surface area contributed by atoms with Crippen LogP contribution < -0.4 is 5.56 Å². The molecule has 0 atom stereocenters. The summed E-state index contributed by atoms with van der Waals surface area (Å²) >= 11 is 0. The van der Waals surface area contributed by atoms with Crippen molar-refractivity contribution in [2.45, 2.75) is 20.8 Å². The van der Waals surface area contributed by atoms with Gasteiger partial charge in [-0.2, -0.15) is 0 Å². The molecule has 2 heterocycles. The predicted molar refractivity (Wildman–Crippen MR) is 73.5 cm³/mol. The van der Waals surface area contributed by atoms with Crippen molar-refractivity contribution in [3.63, 3.8) is 0 Å². The number of aromatic amines is 1. The maximum Gasteiger partial charge on any atom is 0.345 e. The van der Waals surface area contributed by atoms with Gasteiger partial charge in [0.15, 0.2) is 0 Å². The molecule has 0 aromatic carbocycles.